The molecule has 0 bridgehead atoms. The minimum atomic E-state index is 0.102. The zero-order valence-corrected chi connectivity index (χ0v) is 14.0. The minimum Gasteiger partial charge on any atom is -0.440 e. The largest absolute Gasteiger partial charge is 0.440 e. The summed E-state index contributed by atoms with van der Waals surface area (Å²) in [6.45, 7) is 2.06. The molecular formula is C14H13N3OS3. The van der Waals surface area contributed by atoms with Crippen LogP contribution in [0.15, 0.2) is 49.6 Å². The lowest BCUT2D eigenvalue weighted by molar-refractivity contribution is 0.510. The van der Waals surface area contributed by atoms with Crippen LogP contribution in [0, 0.1) is 0 Å². The van der Waals surface area contributed by atoms with Crippen LogP contribution in [0.4, 0.5) is 0 Å². The van der Waals surface area contributed by atoms with Gasteiger partial charge in [0.1, 0.15) is 0 Å². The van der Waals surface area contributed by atoms with E-state index in [0.29, 0.717) is 5.89 Å². The molecule has 0 spiro atoms. The van der Waals surface area contributed by atoms with Gasteiger partial charge in [-0.05, 0) is 13.2 Å². The molecule has 0 N–H and O–H groups in total. The maximum Gasteiger partial charge on any atom is 0.208 e. The van der Waals surface area contributed by atoms with E-state index in [1.54, 1.807) is 41.1 Å². The van der Waals surface area contributed by atoms with Crippen molar-refractivity contribution in [2.24, 2.45) is 0 Å². The maximum atomic E-state index is 5.86. The van der Waals surface area contributed by atoms with E-state index < -0.39 is 0 Å². The molecule has 0 saturated carbocycles. The number of thioether (sulfide) groups is 2. The average Bonchev–Trinajstić information content (AvgIpc) is 3.17. The Kier molecular flexibility index (Phi) is 4.62. The van der Waals surface area contributed by atoms with Crippen LogP contribution in [0.5, 0.6) is 0 Å². The van der Waals surface area contributed by atoms with Gasteiger partial charge in [-0.15, -0.1) is 10.2 Å². The smallest absolute Gasteiger partial charge is 0.208 e. The molecule has 3 rings (SSSR count). The highest BCUT2D eigenvalue weighted by Crippen LogP contribution is 2.38. The van der Waals surface area contributed by atoms with Gasteiger partial charge >= 0.3 is 0 Å². The van der Waals surface area contributed by atoms with Gasteiger partial charge in [-0.25, -0.2) is 4.98 Å². The van der Waals surface area contributed by atoms with E-state index >= 15 is 0 Å². The molecular weight excluding hydrogens is 322 g/mol. The van der Waals surface area contributed by atoms with Gasteiger partial charge in [0.25, 0.3) is 0 Å². The van der Waals surface area contributed by atoms with Crippen molar-refractivity contribution >= 4 is 34.9 Å². The first-order valence-electron chi connectivity index (χ1n) is 6.31. The Labute approximate surface area is 135 Å². The SMILES string of the molecule is CSc1nnc(S[C@@H](C)c2ncc(-c3ccccc3)o2)s1. The average molecular weight is 335 g/mol. The maximum absolute atomic E-state index is 5.86. The highest BCUT2D eigenvalue weighted by molar-refractivity contribution is 8.03. The van der Waals surface area contributed by atoms with Crippen LogP contribution >= 0.6 is 34.9 Å². The van der Waals surface area contributed by atoms with Crippen LogP contribution < -0.4 is 0 Å². The Hall–Kier alpha value is -1.31. The Morgan fingerprint density at radius 3 is 2.62 bits per heavy atom. The molecule has 1 atom stereocenters. The van der Waals surface area contributed by atoms with Crippen molar-refractivity contribution in [3.63, 3.8) is 0 Å². The fourth-order valence-electron chi connectivity index (χ4n) is 1.74. The first-order valence-corrected chi connectivity index (χ1v) is 9.23. The summed E-state index contributed by atoms with van der Waals surface area (Å²) in [5.41, 5.74) is 1.04. The van der Waals surface area contributed by atoms with E-state index in [4.69, 9.17) is 4.42 Å². The predicted molar refractivity (Wildman–Crippen MR) is 87.9 cm³/mol. The number of nitrogens with zero attached hydrogens (tertiary/aromatic N) is 3. The third-order valence-corrected chi connectivity index (χ3v) is 5.84. The van der Waals surface area contributed by atoms with Crippen LogP contribution in [0.25, 0.3) is 11.3 Å². The first-order chi connectivity index (χ1) is 10.3. The van der Waals surface area contributed by atoms with E-state index in [9.17, 15) is 0 Å². The van der Waals surface area contributed by atoms with E-state index in [1.807, 2.05) is 36.6 Å². The normalized spacial score (nSPS) is 12.5. The van der Waals surface area contributed by atoms with Gasteiger partial charge in [0.2, 0.25) is 5.89 Å². The zero-order valence-electron chi connectivity index (χ0n) is 11.5. The summed E-state index contributed by atoms with van der Waals surface area (Å²) in [7, 11) is 0. The van der Waals surface area contributed by atoms with Gasteiger partial charge in [0.05, 0.1) is 11.4 Å². The standard InChI is InChI=1S/C14H13N3OS3/c1-9(20-14-17-16-13(19-2)21-14)12-15-8-11(18-12)10-6-4-3-5-7-10/h3-9H,1-2H3/t9-/m0/s1. The second-order valence-corrected chi connectivity index (χ2v) is 7.85. The second kappa shape index (κ2) is 6.64. The van der Waals surface area contributed by atoms with Gasteiger partial charge in [-0.1, -0.05) is 65.2 Å². The summed E-state index contributed by atoms with van der Waals surface area (Å²) in [6.07, 6.45) is 3.77. The molecule has 7 heteroatoms. The number of rotatable bonds is 5. The lowest BCUT2D eigenvalue weighted by Crippen LogP contribution is -1.87. The number of hydrogen-bond acceptors (Lipinski definition) is 7. The monoisotopic (exact) mass is 335 g/mol. The van der Waals surface area contributed by atoms with Gasteiger partial charge in [-0.3, -0.25) is 0 Å². The topological polar surface area (TPSA) is 51.8 Å². The lowest BCUT2D eigenvalue weighted by atomic mass is 10.2. The molecule has 0 radical (unpaired) electrons. The summed E-state index contributed by atoms with van der Waals surface area (Å²) in [5.74, 6) is 1.50. The third kappa shape index (κ3) is 3.48. The summed E-state index contributed by atoms with van der Waals surface area (Å²) in [4.78, 5) is 4.38. The van der Waals surface area contributed by atoms with Crippen molar-refractivity contribution in [2.45, 2.75) is 20.9 Å². The minimum absolute atomic E-state index is 0.102. The van der Waals surface area contributed by atoms with Gasteiger partial charge in [0.15, 0.2) is 14.4 Å². The van der Waals surface area contributed by atoms with Crippen LogP contribution in [-0.4, -0.2) is 21.4 Å². The quantitative estimate of drug-likeness (QED) is 0.626. The fraction of sp³-hybridized carbons (Fsp3) is 0.214. The molecule has 0 aliphatic rings. The fourth-order valence-corrected chi connectivity index (χ4v) is 4.37. The van der Waals surface area contributed by atoms with Crippen molar-refractivity contribution in [2.75, 3.05) is 6.26 Å². The number of benzene rings is 1. The second-order valence-electron chi connectivity index (χ2n) is 4.23. The van der Waals surface area contributed by atoms with Crippen LogP contribution in [0.1, 0.15) is 18.1 Å². The molecule has 108 valence electrons. The molecule has 0 unspecified atom stereocenters. The van der Waals surface area contributed by atoms with Crippen molar-refractivity contribution in [3.05, 3.63) is 42.4 Å². The number of oxazole rings is 1. The molecule has 3 aromatic rings. The molecule has 0 aliphatic carbocycles. The van der Waals surface area contributed by atoms with E-state index in [0.717, 1.165) is 20.0 Å². The van der Waals surface area contributed by atoms with Crippen molar-refractivity contribution in [1.29, 1.82) is 0 Å². The van der Waals surface area contributed by atoms with Gasteiger partial charge in [-0.2, -0.15) is 0 Å². The van der Waals surface area contributed by atoms with Crippen molar-refractivity contribution in [1.82, 2.24) is 15.2 Å². The van der Waals surface area contributed by atoms with Gasteiger partial charge in [0, 0.05) is 5.56 Å². The van der Waals surface area contributed by atoms with Crippen LogP contribution in [0.2, 0.25) is 0 Å². The zero-order chi connectivity index (χ0) is 14.7. The van der Waals surface area contributed by atoms with Crippen LogP contribution in [0.3, 0.4) is 0 Å². The van der Waals surface area contributed by atoms with Crippen molar-refractivity contribution in [3.8, 4) is 11.3 Å². The van der Waals surface area contributed by atoms with Crippen LogP contribution in [-0.2, 0) is 0 Å². The molecule has 2 heterocycles. The molecule has 0 amide bonds. The first kappa shape index (κ1) is 14.6. The van der Waals surface area contributed by atoms with E-state index in [2.05, 4.69) is 22.1 Å². The molecule has 1 aromatic carbocycles. The summed E-state index contributed by atoms with van der Waals surface area (Å²) in [6, 6.07) is 9.98. The summed E-state index contributed by atoms with van der Waals surface area (Å²) < 4.78 is 7.77. The summed E-state index contributed by atoms with van der Waals surface area (Å²) >= 11 is 4.82. The number of aromatic nitrogens is 3. The highest BCUT2D eigenvalue weighted by Gasteiger charge is 2.17. The summed E-state index contributed by atoms with van der Waals surface area (Å²) in [5, 5.41) is 8.35. The Morgan fingerprint density at radius 1 is 1.14 bits per heavy atom. The van der Waals surface area contributed by atoms with Gasteiger partial charge < -0.3 is 4.42 Å². The molecule has 21 heavy (non-hydrogen) atoms. The predicted octanol–water partition coefficient (Wildman–Crippen LogP) is 4.77. The lowest BCUT2D eigenvalue weighted by Gasteiger charge is -2.03. The van der Waals surface area contributed by atoms with E-state index in [1.165, 1.54) is 0 Å². The highest BCUT2D eigenvalue weighted by atomic mass is 32.2. The Balaban J connectivity index is 1.73. The molecule has 4 nitrogen and oxygen atoms in total. The molecule has 2 aromatic heterocycles. The molecule has 0 fully saturated rings. The molecule has 0 saturated heterocycles. The third-order valence-electron chi connectivity index (χ3n) is 2.77. The Bertz CT molecular complexity index is 711. The van der Waals surface area contributed by atoms with E-state index in [-0.39, 0.29) is 5.25 Å². The van der Waals surface area contributed by atoms with Crippen molar-refractivity contribution < 1.29 is 4.42 Å². The molecule has 0 aliphatic heterocycles. The number of hydrogen-bond donors (Lipinski definition) is 0. The Morgan fingerprint density at radius 2 is 1.90 bits per heavy atom.